The van der Waals surface area contributed by atoms with Gasteiger partial charge >= 0.3 is 0 Å². The number of nitrogens with one attached hydrogen (secondary N) is 2. The summed E-state index contributed by atoms with van der Waals surface area (Å²) in [6.45, 7) is 13.2. The van der Waals surface area contributed by atoms with Crippen LogP contribution in [0.15, 0.2) is 53.4 Å². The van der Waals surface area contributed by atoms with E-state index >= 15 is 0 Å². The Labute approximate surface area is 237 Å². The summed E-state index contributed by atoms with van der Waals surface area (Å²) >= 11 is 0. The minimum Gasteiger partial charge on any atom is -0.363 e. The highest BCUT2D eigenvalue weighted by Gasteiger charge is 2.25. The zero-order chi connectivity index (χ0) is 28.4. The first-order valence-electron chi connectivity index (χ1n) is 14.8. The van der Waals surface area contributed by atoms with Crippen LogP contribution in [-0.4, -0.2) is 37.5 Å². The van der Waals surface area contributed by atoms with E-state index in [1.165, 1.54) is 56.7 Å². The molecule has 1 aromatic carbocycles. The normalized spacial score (nSPS) is 22.1. The van der Waals surface area contributed by atoms with Crippen molar-refractivity contribution < 1.29 is 13.2 Å². The minimum atomic E-state index is -3.42. The zero-order valence-corrected chi connectivity index (χ0v) is 25.4. The van der Waals surface area contributed by atoms with Crippen molar-refractivity contribution in [3.8, 4) is 0 Å². The first kappa shape index (κ1) is 31.2. The van der Waals surface area contributed by atoms with E-state index < -0.39 is 10.0 Å². The van der Waals surface area contributed by atoms with Gasteiger partial charge in [-0.2, -0.15) is 0 Å². The molecule has 1 saturated carbocycles. The zero-order valence-electron chi connectivity index (χ0n) is 24.6. The molecule has 0 bridgehead atoms. The van der Waals surface area contributed by atoms with Gasteiger partial charge in [0.25, 0.3) is 0 Å². The van der Waals surface area contributed by atoms with Gasteiger partial charge in [0.05, 0.1) is 5.75 Å². The van der Waals surface area contributed by atoms with Crippen LogP contribution in [0.2, 0.25) is 0 Å². The molecule has 0 unspecified atom stereocenters. The van der Waals surface area contributed by atoms with E-state index in [0.29, 0.717) is 31.8 Å². The standard InChI is InChI=1S/C32H49N3O3S/c1-6-7-11-28-12-14-30(15-13-28)32-24(2)10-8-9-20-35(21-18-26(4)33-32)39(37,38)22-19-29-16-17-31(23-25(29)3)34-27(5)36/h11,16-17,23,30,33H,4,6-10,12-15,18-22H2,1-3,5H3,(H,34,36)/b28-11?,32-24-. The van der Waals surface area contributed by atoms with Gasteiger partial charge in [-0.05, 0) is 101 Å². The van der Waals surface area contributed by atoms with Gasteiger partial charge in [-0.1, -0.05) is 43.2 Å². The fraction of sp³-hybridized carbons (Fsp3) is 0.594. The second-order valence-corrected chi connectivity index (χ2v) is 13.4. The average Bonchev–Trinajstić information content (AvgIpc) is 2.92. The molecule has 1 aliphatic heterocycles. The van der Waals surface area contributed by atoms with Gasteiger partial charge in [0.1, 0.15) is 0 Å². The number of hydrogen-bond acceptors (Lipinski definition) is 4. The van der Waals surface area contributed by atoms with Crippen LogP contribution < -0.4 is 10.6 Å². The molecule has 0 saturated heterocycles. The molecule has 0 aromatic heterocycles. The summed E-state index contributed by atoms with van der Waals surface area (Å²) in [4.78, 5) is 11.3. The smallest absolute Gasteiger partial charge is 0.221 e. The van der Waals surface area contributed by atoms with Gasteiger partial charge in [-0.15, -0.1) is 0 Å². The number of carbonyl (C=O) groups excluding carboxylic acids is 1. The fourth-order valence-corrected chi connectivity index (χ4v) is 7.24. The maximum absolute atomic E-state index is 13.4. The van der Waals surface area contributed by atoms with Gasteiger partial charge in [-0.25, -0.2) is 12.7 Å². The summed E-state index contributed by atoms with van der Waals surface area (Å²) in [5, 5.41) is 6.44. The van der Waals surface area contributed by atoms with E-state index in [9.17, 15) is 13.2 Å². The number of allylic oxidation sites excluding steroid dienone is 4. The molecule has 0 atom stereocenters. The minimum absolute atomic E-state index is 0.0751. The van der Waals surface area contributed by atoms with Crippen molar-refractivity contribution in [3.63, 3.8) is 0 Å². The lowest BCUT2D eigenvalue weighted by atomic mass is 9.81. The molecule has 39 heavy (non-hydrogen) atoms. The van der Waals surface area contributed by atoms with Crippen LogP contribution in [-0.2, 0) is 21.2 Å². The number of amides is 1. The molecule has 2 aliphatic rings. The average molecular weight is 556 g/mol. The van der Waals surface area contributed by atoms with E-state index in [2.05, 4.69) is 37.1 Å². The molecule has 1 aliphatic carbocycles. The first-order valence-corrected chi connectivity index (χ1v) is 16.4. The third-order valence-electron chi connectivity index (χ3n) is 8.09. The van der Waals surface area contributed by atoms with Gasteiger partial charge in [-0.3, -0.25) is 4.79 Å². The Morgan fingerprint density at radius 1 is 1.13 bits per heavy atom. The molecular formula is C32H49N3O3S. The van der Waals surface area contributed by atoms with E-state index in [1.807, 2.05) is 25.1 Å². The van der Waals surface area contributed by atoms with Crippen molar-refractivity contribution in [3.05, 3.63) is 64.5 Å². The summed E-state index contributed by atoms with van der Waals surface area (Å²) in [5.41, 5.74) is 7.96. The maximum Gasteiger partial charge on any atom is 0.221 e. The Balaban J connectivity index is 1.61. The summed E-state index contributed by atoms with van der Waals surface area (Å²) in [6.07, 6.45) is 13.4. The predicted octanol–water partition coefficient (Wildman–Crippen LogP) is 7.00. The highest BCUT2D eigenvalue weighted by atomic mass is 32.2. The lowest BCUT2D eigenvalue weighted by Crippen LogP contribution is -2.36. The molecule has 1 amide bonds. The van der Waals surface area contributed by atoms with Crippen LogP contribution in [0.25, 0.3) is 0 Å². The van der Waals surface area contributed by atoms with Crippen LogP contribution in [0.3, 0.4) is 0 Å². The van der Waals surface area contributed by atoms with Crippen molar-refractivity contribution in [1.29, 1.82) is 0 Å². The van der Waals surface area contributed by atoms with Crippen LogP contribution >= 0.6 is 0 Å². The highest BCUT2D eigenvalue weighted by Crippen LogP contribution is 2.35. The summed E-state index contributed by atoms with van der Waals surface area (Å²) in [7, 11) is -3.42. The number of sulfonamides is 1. The fourth-order valence-electron chi connectivity index (χ4n) is 5.73. The van der Waals surface area contributed by atoms with E-state index in [0.717, 1.165) is 41.8 Å². The first-order chi connectivity index (χ1) is 18.6. The van der Waals surface area contributed by atoms with E-state index in [-0.39, 0.29) is 11.7 Å². The lowest BCUT2D eigenvalue weighted by molar-refractivity contribution is -0.114. The Kier molecular flexibility index (Phi) is 11.9. The highest BCUT2D eigenvalue weighted by molar-refractivity contribution is 7.89. The van der Waals surface area contributed by atoms with Gasteiger partial charge in [0, 0.05) is 43.5 Å². The number of nitrogens with zero attached hydrogens (tertiary/aromatic N) is 1. The molecule has 1 aromatic rings. The largest absolute Gasteiger partial charge is 0.363 e. The number of hydrogen-bond donors (Lipinski definition) is 2. The van der Waals surface area contributed by atoms with Crippen LogP contribution in [0.4, 0.5) is 5.69 Å². The van der Waals surface area contributed by atoms with Crippen LogP contribution in [0, 0.1) is 12.8 Å². The Bertz CT molecular complexity index is 1170. The summed E-state index contributed by atoms with van der Waals surface area (Å²) in [6, 6.07) is 5.65. The van der Waals surface area contributed by atoms with Crippen molar-refractivity contribution in [2.45, 2.75) is 98.3 Å². The Hall–Kier alpha value is -2.38. The van der Waals surface area contributed by atoms with Gasteiger partial charge in [0.2, 0.25) is 15.9 Å². The molecule has 0 spiro atoms. The number of unbranched alkanes of at least 4 members (excludes halogenated alkanes) is 1. The number of rotatable bonds is 8. The molecule has 7 heteroatoms. The van der Waals surface area contributed by atoms with Gasteiger partial charge in [0.15, 0.2) is 0 Å². The molecule has 216 valence electrons. The summed E-state index contributed by atoms with van der Waals surface area (Å²) < 4.78 is 28.5. The predicted molar refractivity (Wildman–Crippen MR) is 163 cm³/mol. The summed E-state index contributed by atoms with van der Waals surface area (Å²) in [5.74, 6) is 0.484. The topological polar surface area (TPSA) is 78.5 Å². The van der Waals surface area contributed by atoms with Crippen molar-refractivity contribution in [2.24, 2.45) is 5.92 Å². The van der Waals surface area contributed by atoms with Crippen molar-refractivity contribution >= 4 is 21.6 Å². The number of anilines is 1. The molecule has 6 nitrogen and oxygen atoms in total. The quantitative estimate of drug-likeness (QED) is 0.339. The lowest BCUT2D eigenvalue weighted by Gasteiger charge is -2.30. The third-order valence-corrected chi connectivity index (χ3v) is 9.96. The second-order valence-electron chi connectivity index (χ2n) is 11.3. The number of aryl methyl sites for hydroxylation is 2. The number of benzene rings is 1. The Morgan fingerprint density at radius 3 is 2.54 bits per heavy atom. The van der Waals surface area contributed by atoms with Crippen molar-refractivity contribution in [2.75, 3.05) is 24.2 Å². The molecule has 0 radical (unpaired) electrons. The molecule has 1 heterocycles. The molecule has 1 fully saturated rings. The number of carbonyl (C=O) groups is 1. The van der Waals surface area contributed by atoms with Crippen LogP contribution in [0.5, 0.6) is 0 Å². The molecular weight excluding hydrogens is 506 g/mol. The Morgan fingerprint density at radius 2 is 1.87 bits per heavy atom. The maximum atomic E-state index is 13.4. The molecule has 2 N–H and O–H groups in total. The van der Waals surface area contributed by atoms with E-state index in [4.69, 9.17) is 0 Å². The monoisotopic (exact) mass is 555 g/mol. The second kappa shape index (κ2) is 14.8. The van der Waals surface area contributed by atoms with Crippen LogP contribution in [0.1, 0.15) is 96.1 Å². The van der Waals surface area contributed by atoms with Gasteiger partial charge < -0.3 is 10.6 Å². The molecule has 3 rings (SSSR count). The van der Waals surface area contributed by atoms with Crippen molar-refractivity contribution in [1.82, 2.24) is 9.62 Å². The SMILES string of the molecule is C=C1CCN(S(=O)(=O)CCc2ccc(NC(C)=O)cc2C)CCCC/C(C)=C(/C2CCC(=CCCC)CC2)N1. The third kappa shape index (κ3) is 9.64. The van der Waals surface area contributed by atoms with E-state index in [1.54, 1.807) is 9.88 Å².